The van der Waals surface area contributed by atoms with E-state index in [2.05, 4.69) is 21.2 Å². The van der Waals surface area contributed by atoms with Crippen LogP contribution in [0.1, 0.15) is 11.1 Å². The van der Waals surface area contributed by atoms with E-state index in [0.29, 0.717) is 33.8 Å². The van der Waals surface area contributed by atoms with Crippen LogP contribution in [0.4, 0.5) is 10.1 Å². The van der Waals surface area contributed by atoms with Crippen LogP contribution in [0.5, 0.6) is 11.5 Å². The number of anilines is 1. The van der Waals surface area contributed by atoms with Gasteiger partial charge in [-0.2, -0.15) is 5.26 Å². The summed E-state index contributed by atoms with van der Waals surface area (Å²) >= 11 is 3.47. The Bertz CT molecular complexity index is 1140. The summed E-state index contributed by atoms with van der Waals surface area (Å²) in [6.07, 6.45) is 1.44. The van der Waals surface area contributed by atoms with E-state index < -0.39 is 11.7 Å². The summed E-state index contributed by atoms with van der Waals surface area (Å²) in [5.41, 5.74) is 1.85. The van der Waals surface area contributed by atoms with Gasteiger partial charge < -0.3 is 14.8 Å². The van der Waals surface area contributed by atoms with Gasteiger partial charge in [-0.05, 0) is 69.5 Å². The maximum Gasteiger partial charge on any atom is 0.266 e. The number of carbonyl (C=O) groups excluding carboxylic acids is 1. The molecule has 1 amide bonds. The second-order valence-electron chi connectivity index (χ2n) is 6.44. The highest BCUT2D eigenvalue weighted by Gasteiger charge is 2.14. The molecule has 0 spiro atoms. The highest BCUT2D eigenvalue weighted by atomic mass is 79.9. The lowest BCUT2D eigenvalue weighted by molar-refractivity contribution is -0.112. The van der Waals surface area contributed by atoms with E-state index >= 15 is 0 Å². The zero-order valence-corrected chi connectivity index (χ0v) is 18.1. The first kappa shape index (κ1) is 22.1. The van der Waals surface area contributed by atoms with Crippen molar-refractivity contribution in [2.75, 3.05) is 12.4 Å². The third-order valence-corrected chi connectivity index (χ3v) is 4.84. The molecule has 0 fully saturated rings. The molecule has 0 aliphatic heterocycles. The average Bonchev–Trinajstić information content (AvgIpc) is 2.78. The van der Waals surface area contributed by atoms with Crippen molar-refractivity contribution >= 4 is 33.6 Å². The number of nitrogens with one attached hydrogen (secondary N) is 1. The smallest absolute Gasteiger partial charge is 0.266 e. The molecule has 0 saturated carbocycles. The van der Waals surface area contributed by atoms with Crippen molar-refractivity contribution in [1.82, 2.24) is 0 Å². The van der Waals surface area contributed by atoms with Gasteiger partial charge >= 0.3 is 0 Å². The van der Waals surface area contributed by atoms with Gasteiger partial charge in [-0.3, -0.25) is 4.79 Å². The molecule has 5 nitrogen and oxygen atoms in total. The van der Waals surface area contributed by atoms with Crippen molar-refractivity contribution in [3.63, 3.8) is 0 Å². The number of ether oxygens (including phenoxy) is 2. The number of benzene rings is 3. The fourth-order valence-corrected chi connectivity index (χ4v) is 3.31. The SMILES string of the molecule is COc1cc(/C=C(/C#N)C(=O)Nc2ccc(F)cc2)cc(Br)c1OCc1ccccc1. The van der Waals surface area contributed by atoms with Gasteiger partial charge in [0.15, 0.2) is 11.5 Å². The van der Waals surface area contributed by atoms with Gasteiger partial charge in [-0.15, -0.1) is 0 Å². The van der Waals surface area contributed by atoms with Crippen LogP contribution in [-0.4, -0.2) is 13.0 Å². The van der Waals surface area contributed by atoms with Crippen molar-refractivity contribution in [3.05, 3.63) is 93.7 Å². The maximum absolute atomic E-state index is 13.0. The molecular weight excluding hydrogens is 463 g/mol. The molecule has 3 aromatic carbocycles. The lowest BCUT2D eigenvalue weighted by Gasteiger charge is -2.14. The molecule has 0 unspecified atom stereocenters. The first-order valence-electron chi connectivity index (χ1n) is 9.23. The van der Waals surface area contributed by atoms with Crippen molar-refractivity contribution < 1.29 is 18.7 Å². The number of methoxy groups -OCH3 is 1. The van der Waals surface area contributed by atoms with E-state index in [1.165, 1.54) is 37.5 Å². The molecule has 7 heteroatoms. The summed E-state index contributed by atoms with van der Waals surface area (Å²) in [7, 11) is 1.51. The van der Waals surface area contributed by atoms with Gasteiger partial charge in [0, 0.05) is 5.69 Å². The largest absolute Gasteiger partial charge is 0.493 e. The van der Waals surface area contributed by atoms with Crippen molar-refractivity contribution in [1.29, 1.82) is 5.26 Å². The molecule has 0 aliphatic rings. The average molecular weight is 481 g/mol. The Hall–Kier alpha value is -3.63. The van der Waals surface area contributed by atoms with Crippen LogP contribution in [-0.2, 0) is 11.4 Å². The molecule has 0 atom stereocenters. The third kappa shape index (κ3) is 5.93. The summed E-state index contributed by atoms with van der Waals surface area (Å²) in [6, 6.07) is 20.3. The van der Waals surface area contributed by atoms with E-state index in [0.717, 1.165) is 5.56 Å². The third-order valence-electron chi connectivity index (χ3n) is 4.26. The zero-order chi connectivity index (χ0) is 22.2. The van der Waals surface area contributed by atoms with E-state index in [4.69, 9.17) is 9.47 Å². The van der Waals surface area contributed by atoms with Crippen LogP contribution in [0, 0.1) is 17.1 Å². The molecule has 0 aliphatic carbocycles. The van der Waals surface area contributed by atoms with Gasteiger partial charge in [0.05, 0.1) is 11.6 Å². The molecular formula is C24H18BrFN2O3. The minimum absolute atomic E-state index is 0.115. The lowest BCUT2D eigenvalue weighted by Crippen LogP contribution is -2.13. The summed E-state index contributed by atoms with van der Waals surface area (Å²) in [5.74, 6) is -0.0558. The Morgan fingerprint density at radius 2 is 1.87 bits per heavy atom. The summed E-state index contributed by atoms with van der Waals surface area (Å²) < 4.78 is 25.0. The standard InChI is InChI=1S/C24H18BrFN2O3/c1-30-22-13-17(12-21(25)23(22)31-15-16-5-3-2-4-6-16)11-18(14-27)24(29)28-20-9-7-19(26)8-10-20/h2-13H,15H2,1H3,(H,28,29)/b18-11-. The molecule has 0 saturated heterocycles. The zero-order valence-electron chi connectivity index (χ0n) is 16.6. The number of nitriles is 1. The predicted octanol–water partition coefficient (Wildman–Crippen LogP) is 5.72. The summed E-state index contributed by atoms with van der Waals surface area (Å²) in [5, 5.41) is 12.0. The molecule has 3 aromatic rings. The number of rotatable bonds is 7. The number of carbonyl (C=O) groups is 1. The van der Waals surface area contributed by atoms with E-state index in [1.54, 1.807) is 12.1 Å². The van der Waals surface area contributed by atoms with Crippen LogP contribution in [0.25, 0.3) is 6.08 Å². The van der Waals surface area contributed by atoms with E-state index in [9.17, 15) is 14.4 Å². The molecule has 0 aromatic heterocycles. The Balaban J connectivity index is 1.81. The van der Waals surface area contributed by atoms with E-state index in [-0.39, 0.29) is 5.57 Å². The summed E-state index contributed by atoms with van der Waals surface area (Å²) in [4.78, 5) is 12.4. The van der Waals surface area contributed by atoms with Crippen LogP contribution < -0.4 is 14.8 Å². The fourth-order valence-electron chi connectivity index (χ4n) is 2.74. The topological polar surface area (TPSA) is 71.3 Å². The Kier molecular flexibility index (Phi) is 7.41. The Morgan fingerprint density at radius 1 is 1.16 bits per heavy atom. The minimum atomic E-state index is -0.603. The van der Waals surface area contributed by atoms with Crippen molar-refractivity contribution in [3.8, 4) is 17.6 Å². The molecule has 3 rings (SSSR count). The molecule has 0 radical (unpaired) electrons. The molecule has 0 bridgehead atoms. The van der Waals surface area contributed by atoms with Gasteiger partial charge in [-0.25, -0.2) is 4.39 Å². The molecule has 156 valence electrons. The second kappa shape index (κ2) is 10.4. The number of amides is 1. The molecule has 0 heterocycles. The van der Waals surface area contributed by atoms with E-state index in [1.807, 2.05) is 36.4 Å². The van der Waals surface area contributed by atoms with Crippen LogP contribution >= 0.6 is 15.9 Å². The highest BCUT2D eigenvalue weighted by Crippen LogP contribution is 2.37. The van der Waals surface area contributed by atoms with Crippen molar-refractivity contribution in [2.45, 2.75) is 6.61 Å². The lowest BCUT2D eigenvalue weighted by atomic mass is 10.1. The van der Waals surface area contributed by atoms with Gasteiger partial charge in [0.25, 0.3) is 5.91 Å². The fraction of sp³-hybridized carbons (Fsp3) is 0.0833. The second-order valence-corrected chi connectivity index (χ2v) is 7.29. The Labute approximate surface area is 187 Å². The van der Waals surface area contributed by atoms with Gasteiger partial charge in [0.1, 0.15) is 24.1 Å². The normalized spacial score (nSPS) is 10.8. The summed E-state index contributed by atoms with van der Waals surface area (Å²) in [6.45, 7) is 0.356. The number of hydrogen-bond acceptors (Lipinski definition) is 4. The quantitative estimate of drug-likeness (QED) is 0.346. The Morgan fingerprint density at radius 3 is 2.52 bits per heavy atom. The van der Waals surface area contributed by atoms with Crippen LogP contribution in [0.2, 0.25) is 0 Å². The van der Waals surface area contributed by atoms with Crippen LogP contribution in [0.15, 0.2) is 76.8 Å². The van der Waals surface area contributed by atoms with Gasteiger partial charge in [-0.1, -0.05) is 30.3 Å². The highest BCUT2D eigenvalue weighted by molar-refractivity contribution is 9.10. The number of halogens is 2. The van der Waals surface area contributed by atoms with Gasteiger partial charge in [0.2, 0.25) is 0 Å². The molecule has 1 N–H and O–H groups in total. The monoisotopic (exact) mass is 480 g/mol. The minimum Gasteiger partial charge on any atom is -0.493 e. The van der Waals surface area contributed by atoms with Crippen LogP contribution in [0.3, 0.4) is 0 Å². The molecule has 31 heavy (non-hydrogen) atoms. The predicted molar refractivity (Wildman–Crippen MR) is 120 cm³/mol. The van der Waals surface area contributed by atoms with Crippen molar-refractivity contribution in [2.24, 2.45) is 0 Å². The first-order valence-corrected chi connectivity index (χ1v) is 10.0. The maximum atomic E-state index is 13.0. The first-order chi connectivity index (χ1) is 15.0. The number of hydrogen-bond donors (Lipinski definition) is 1. The number of nitrogens with zero attached hydrogens (tertiary/aromatic N) is 1.